The lowest BCUT2D eigenvalue weighted by Gasteiger charge is -2.17. The third kappa shape index (κ3) is 2.38. The fourth-order valence-corrected chi connectivity index (χ4v) is 2.57. The first kappa shape index (κ1) is 13.6. The molecule has 0 bridgehead atoms. The number of methoxy groups -OCH3 is 1. The van der Waals surface area contributed by atoms with Gasteiger partial charge in [0.05, 0.1) is 12.6 Å². The highest BCUT2D eigenvalue weighted by Gasteiger charge is 2.34. The van der Waals surface area contributed by atoms with Gasteiger partial charge in [0, 0.05) is 5.57 Å². The van der Waals surface area contributed by atoms with Crippen LogP contribution in [0.1, 0.15) is 19.4 Å². The molecule has 0 atom stereocenters. The summed E-state index contributed by atoms with van der Waals surface area (Å²) in [4.78, 5) is 12.0. The van der Waals surface area contributed by atoms with E-state index in [2.05, 4.69) is 10.9 Å². The molecule has 2 aromatic rings. The van der Waals surface area contributed by atoms with Gasteiger partial charge in [-0.3, -0.25) is 10.2 Å². The van der Waals surface area contributed by atoms with Crippen LogP contribution in [0.15, 0.2) is 42.0 Å². The van der Waals surface area contributed by atoms with Crippen LogP contribution in [0.25, 0.3) is 16.8 Å². The van der Waals surface area contributed by atoms with E-state index in [0.29, 0.717) is 0 Å². The highest BCUT2D eigenvalue weighted by atomic mass is 16.5. The second-order valence-corrected chi connectivity index (χ2v) is 5.70. The topological polar surface area (TPSA) is 50.4 Å². The van der Waals surface area contributed by atoms with Crippen LogP contribution in [0, 0.1) is 0 Å². The minimum Gasteiger partial charge on any atom is -0.497 e. The molecule has 0 saturated carbocycles. The van der Waals surface area contributed by atoms with Crippen molar-refractivity contribution < 1.29 is 9.53 Å². The van der Waals surface area contributed by atoms with Gasteiger partial charge >= 0.3 is 0 Å². The molecule has 4 nitrogen and oxygen atoms in total. The predicted molar refractivity (Wildman–Crippen MR) is 83.8 cm³/mol. The van der Waals surface area contributed by atoms with Crippen LogP contribution in [0.2, 0.25) is 0 Å². The first-order chi connectivity index (χ1) is 10.0. The monoisotopic (exact) mass is 282 g/mol. The molecule has 21 heavy (non-hydrogen) atoms. The van der Waals surface area contributed by atoms with Gasteiger partial charge in [-0.15, -0.1) is 0 Å². The summed E-state index contributed by atoms with van der Waals surface area (Å²) in [6.45, 7) is 3.95. The minimum absolute atomic E-state index is 0.0782. The molecule has 0 unspecified atom stereocenters. The van der Waals surface area contributed by atoms with E-state index in [-0.39, 0.29) is 11.4 Å². The van der Waals surface area contributed by atoms with Crippen LogP contribution in [-0.4, -0.2) is 18.6 Å². The molecule has 3 rings (SSSR count). The molecule has 2 aromatic carbocycles. The lowest BCUT2D eigenvalue weighted by Crippen LogP contribution is -2.38. The Morgan fingerprint density at radius 3 is 2.67 bits per heavy atom. The zero-order valence-electron chi connectivity index (χ0n) is 12.4. The average molecular weight is 282 g/mol. The van der Waals surface area contributed by atoms with E-state index in [1.54, 1.807) is 7.11 Å². The molecular formula is C17H18N2O2. The van der Waals surface area contributed by atoms with Crippen LogP contribution >= 0.6 is 0 Å². The maximum atomic E-state index is 12.0. The summed E-state index contributed by atoms with van der Waals surface area (Å²) < 4.78 is 5.26. The number of hydrogen-bond acceptors (Lipinski definition) is 3. The molecule has 0 aromatic heterocycles. The quantitative estimate of drug-likeness (QED) is 0.833. The second-order valence-electron chi connectivity index (χ2n) is 5.70. The van der Waals surface area contributed by atoms with Crippen molar-refractivity contribution in [1.29, 1.82) is 0 Å². The van der Waals surface area contributed by atoms with Gasteiger partial charge in [0.25, 0.3) is 5.91 Å². The van der Waals surface area contributed by atoms with Crippen molar-refractivity contribution in [3.8, 4) is 5.75 Å². The number of ether oxygens (including phenoxy) is 1. The number of carbonyl (C=O) groups excluding carboxylic acids is 1. The lowest BCUT2D eigenvalue weighted by atomic mass is 9.92. The fourth-order valence-electron chi connectivity index (χ4n) is 2.57. The van der Waals surface area contributed by atoms with Crippen molar-refractivity contribution in [2.24, 2.45) is 0 Å². The molecule has 108 valence electrons. The number of carbonyl (C=O) groups is 1. The fraction of sp³-hybridized carbons (Fsp3) is 0.235. The Labute approximate surface area is 123 Å². The van der Waals surface area contributed by atoms with Crippen LogP contribution < -0.4 is 15.6 Å². The number of hydrogen-bond donors (Lipinski definition) is 2. The molecule has 1 fully saturated rings. The van der Waals surface area contributed by atoms with Crippen molar-refractivity contribution in [2.45, 2.75) is 19.4 Å². The number of rotatable bonds is 2. The Morgan fingerprint density at radius 1 is 1.19 bits per heavy atom. The SMILES string of the molecule is COc1ccc2c(/C=C3\C(=O)NNC3(C)C)cccc2c1. The molecule has 0 aliphatic carbocycles. The Morgan fingerprint density at radius 2 is 2.00 bits per heavy atom. The van der Waals surface area contributed by atoms with Crippen molar-refractivity contribution in [3.05, 3.63) is 47.5 Å². The number of nitrogens with one attached hydrogen (secondary N) is 2. The van der Waals surface area contributed by atoms with Gasteiger partial charge < -0.3 is 4.74 Å². The number of benzene rings is 2. The van der Waals surface area contributed by atoms with Crippen molar-refractivity contribution in [2.75, 3.05) is 7.11 Å². The maximum Gasteiger partial charge on any atom is 0.263 e. The molecule has 0 spiro atoms. The molecule has 2 N–H and O–H groups in total. The van der Waals surface area contributed by atoms with E-state index in [1.807, 2.05) is 56.3 Å². The lowest BCUT2D eigenvalue weighted by molar-refractivity contribution is -0.116. The van der Waals surface area contributed by atoms with E-state index in [1.165, 1.54) is 0 Å². The van der Waals surface area contributed by atoms with Crippen molar-refractivity contribution in [1.82, 2.24) is 10.9 Å². The molecule has 1 saturated heterocycles. The third-order valence-electron chi connectivity index (χ3n) is 3.83. The molecule has 1 amide bonds. The molecule has 4 heteroatoms. The summed E-state index contributed by atoms with van der Waals surface area (Å²) in [5.41, 5.74) is 7.03. The van der Waals surface area contributed by atoms with E-state index < -0.39 is 0 Å². The van der Waals surface area contributed by atoms with Crippen LogP contribution in [0.5, 0.6) is 5.75 Å². The van der Waals surface area contributed by atoms with Gasteiger partial charge in [-0.05, 0) is 48.4 Å². The first-order valence-corrected chi connectivity index (χ1v) is 6.88. The van der Waals surface area contributed by atoms with Gasteiger partial charge in [-0.25, -0.2) is 5.43 Å². The molecular weight excluding hydrogens is 264 g/mol. The van der Waals surface area contributed by atoms with Gasteiger partial charge in [0.1, 0.15) is 5.75 Å². The molecule has 1 heterocycles. The zero-order chi connectivity index (χ0) is 15.0. The highest BCUT2D eigenvalue weighted by molar-refractivity contribution is 6.04. The average Bonchev–Trinajstić information content (AvgIpc) is 2.74. The van der Waals surface area contributed by atoms with Crippen LogP contribution in [0.4, 0.5) is 0 Å². The second kappa shape index (κ2) is 4.90. The molecule has 1 aliphatic heterocycles. The van der Waals surface area contributed by atoms with Crippen molar-refractivity contribution >= 4 is 22.8 Å². The normalized spacial score (nSPS) is 19.0. The Kier molecular flexibility index (Phi) is 3.18. The number of fused-ring (bicyclic) bond motifs is 1. The Bertz CT molecular complexity index is 748. The zero-order valence-corrected chi connectivity index (χ0v) is 12.4. The van der Waals surface area contributed by atoms with Gasteiger partial charge in [0.15, 0.2) is 0 Å². The van der Waals surface area contributed by atoms with Crippen LogP contribution in [0.3, 0.4) is 0 Å². The Hall–Kier alpha value is -2.33. The summed E-state index contributed by atoms with van der Waals surface area (Å²) in [5.74, 6) is 0.749. The summed E-state index contributed by atoms with van der Waals surface area (Å²) in [5, 5.41) is 2.19. The van der Waals surface area contributed by atoms with E-state index in [9.17, 15) is 4.79 Å². The van der Waals surface area contributed by atoms with Crippen molar-refractivity contribution in [3.63, 3.8) is 0 Å². The van der Waals surface area contributed by atoms with E-state index in [4.69, 9.17) is 4.74 Å². The van der Waals surface area contributed by atoms with Gasteiger partial charge in [-0.1, -0.05) is 24.3 Å². The summed E-state index contributed by atoms with van der Waals surface area (Å²) >= 11 is 0. The maximum absolute atomic E-state index is 12.0. The highest BCUT2D eigenvalue weighted by Crippen LogP contribution is 2.28. The van der Waals surface area contributed by atoms with Crippen LogP contribution in [-0.2, 0) is 4.79 Å². The summed E-state index contributed by atoms with van der Waals surface area (Å²) in [6.07, 6.45) is 1.95. The first-order valence-electron chi connectivity index (χ1n) is 6.88. The summed E-state index contributed by atoms with van der Waals surface area (Å²) in [7, 11) is 1.66. The molecule has 1 aliphatic rings. The predicted octanol–water partition coefficient (Wildman–Crippen LogP) is 2.64. The van der Waals surface area contributed by atoms with Gasteiger partial charge in [-0.2, -0.15) is 0 Å². The Balaban J connectivity index is 2.15. The smallest absolute Gasteiger partial charge is 0.263 e. The third-order valence-corrected chi connectivity index (χ3v) is 3.83. The van der Waals surface area contributed by atoms with E-state index >= 15 is 0 Å². The number of hydrazine groups is 1. The standard InChI is InChI=1S/C17H18N2O2/c1-17(2)15(16(20)18-19-17)10-12-6-4-5-11-9-13(21-3)7-8-14(11)12/h4-10,19H,1-3H3,(H,18,20)/b15-10+. The molecule has 0 radical (unpaired) electrons. The van der Waals surface area contributed by atoms with Gasteiger partial charge in [0.2, 0.25) is 0 Å². The summed E-state index contributed by atoms with van der Waals surface area (Å²) in [6, 6.07) is 12.0. The minimum atomic E-state index is -0.383. The van der Waals surface area contributed by atoms with E-state index in [0.717, 1.165) is 27.7 Å². The largest absolute Gasteiger partial charge is 0.497 e. The number of amides is 1.